The second kappa shape index (κ2) is 3.55. The predicted octanol–water partition coefficient (Wildman–Crippen LogP) is 0.803. The number of hydrogen-bond donors (Lipinski definition) is 2. The molecule has 1 heterocycles. The van der Waals surface area contributed by atoms with Gasteiger partial charge in [0.1, 0.15) is 11.6 Å². The summed E-state index contributed by atoms with van der Waals surface area (Å²) in [7, 11) is 1.25. The smallest absolute Gasteiger partial charge is 0.342 e. The maximum Gasteiger partial charge on any atom is 0.342 e. The van der Waals surface area contributed by atoms with Gasteiger partial charge >= 0.3 is 5.97 Å². The van der Waals surface area contributed by atoms with Crippen LogP contribution in [0.15, 0.2) is 12.3 Å². The van der Waals surface area contributed by atoms with Crippen molar-refractivity contribution in [3.8, 4) is 6.07 Å². The van der Waals surface area contributed by atoms with Gasteiger partial charge in [0.25, 0.3) is 0 Å². The average molecular weight is 216 g/mol. The van der Waals surface area contributed by atoms with Crippen LogP contribution in [0.2, 0.25) is 0 Å². The number of nitrogens with one attached hydrogen (secondary N) is 1. The van der Waals surface area contributed by atoms with Crippen molar-refractivity contribution < 1.29 is 9.53 Å². The van der Waals surface area contributed by atoms with Gasteiger partial charge in [0, 0.05) is 5.39 Å². The Kier molecular flexibility index (Phi) is 2.21. The monoisotopic (exact) mass is 216 g/mol. The summed E-state index contributed by atoms with van der Waals surface area (Å²) in [5.41, 5.74) is 6.68. The van der Waals surface area contributed by atoms with Crippen molar-refractivity contribution >= 4 is 22.6 Å². The van der Waals surface area contributed by atoms with Crippen LogP contribution in [0, 0.1) is 11.3 Å². The highest BCUT2D eigenvalue weighted by molar-refractivity contribution is 6.08. The normalized spacial score (nSPS) is 10.0. The summed E-state index contributed by atoms with van der Waals surface area (Å²) in [5.74, 6) is -0.594. The lowest BCUT2D eigenvalue weighted by Gasteiger charge is -2.06. The van der Waals surface area contributed by atoms with Crippen LogP contribution in [-0.2, 0) is 4.74 Å². The fraction of sp³-hybridized carbons (Fsp3) is 0.100. The number of anilines is 1. The number of rotatable bonds is 1. The van der Waals surface area contributed by atoms with Crippen LogP contribution >= 0.6 is 0 Å². The lowest BCUT2D eigenvalue weighted by molar-refractivity contribution is 0.0604. The van der Waals surface area contributed by atoms with E-state index >= 15 is 0 Å². The molecule has 2 aromatic rings. The van der Waals surface area contributed by atoms with Crippen molar-refractivity contribution in [2.24, 2.45) is 0 Å². The van der Waals surface area contributed by atoms with Crippen molar-refractivity contribution in [3.05, 3.63) is 23.4 Å². The third-order valence-corrected chi connectivity index (χ3v) is 2.29. The van der Waals surface area contributed by atoms with E-state index < -0.39 is 5.97 Å². The average Bonchev–Trinajstić information content (AvgIpc) is 2.74. The van der Waals surface area contributed by atoms with Crippen LogP contribution in [-0.4, -0.2) is 23.3 Å². The lowest BCUT2D eigenvalue weighted by atomic mass is 10.0. The minimum Gasteiger partial charge on any atom is -0.465 e. The Morgan fingerprint density at radius 3 is 3.06 bits per heavy atom. The molecule has 0 fully saturated rings. The minimum atomic E-state index is -0.594. The molecule has 80 valence electrons. The standard InChI is InChI=1S/C10H8N4O2/c1-16-10(15)7-8(12)5(3-11)2-6-4-13-14-9(6)7/h2,4H,12H2,1H3,(H,13,14). The molecule has 2 rings (SSSR count). The number of nitrogens with two attached hydrogens (primary N) is 1. The Bertz CT molecular complexity index is 609. The van der Waals surface area contributed by atoms with E-state index in [2.05, 4.69) is 14.9 Å². The van der Waals surface area contributed by atoms with Crippen molar-refractivity contribution in [1.29, 1.82) is 5.26 Å². The summed E-state index contributed by atoms with van der Waals surface area (Å²) in [6.07, 6.45) is 1.52. The molecule has 1 aromatic heterocycles. The number of carbonyl (C=O) groups excluding carboxylic acids is 1. The predicted molar refractivity (Wildman–Crippen MR) is 56.6 cm³/mol. The first-order valence-corrected chi connectivity index (χ1v) is 4.43. The van der Waals surface area contributed by atoms with E-state index in [1.165, 1.54) is 13.3 Å². The molecule has 0 spiro atoms. The third-order valence-electron chi connectivity index (χ3n) is 2.29. The number of carbonyl (C=O) groups is 1. The van der Waals surface area contributed by atoms with Crippen LogP contribution in [0.5, 0.6) is 0 Å². The van der Waals surface area contributed by atoms with E-state index in [1.807, 2.05) is 6.07 Å². The third kappa shape index (κ3) is 1.26. The summed E-state index contributed by atoms with van der Waals surface area (Å²) in [6.45, 7) is 0. The molecule has 0 atom stereocenters. The van der Waals surface area contributed by atoms with Gasteiger partial charge < -0.3 is 10.5 Å². The van der Waals surface area contributed by atoms with E-state index in [0.29, 0.717) is 10.9 Å². The number of H-pyrrole nitrogens is 1. The second-order valence-corrected chi connectivity index (χ2v) is 3.15. The van der Waals surface area contributed by atoms with Crippen LogP contribution in [0.1, 0.15) is 15.9 Å². The van der Waals surface area contributed by atoms with Crippen LogP contribution in [0.4, 0.5) is 5.69 Å². The first-order chi connectivity index (χ1) is 7.69. The van der Waals surface area contributed by atoms with Gasteiger partial charge in [-0.3, -0.25) is 5.10 Å². The molecule has 0 saturated heterocycles. The molecule has 0 aliphatic carbocycles. The Morgan fingerprint density at radius 1 is 1.69 bits per heavy atom. The molecule has 6 nitrogen and oxygen atoms in total. The van der Waals surface area contributed by atoms with Crippen LogP contribution < -0.4 is 5.73 Å². The summed E-state index contributed by atoms with van der Waals surface area (Å²) in [5, 5.41) is 16.0. The van der Waals surface area contributed by atoms with Gasteiger partial charge in [0.2, 0.25) is 0 Å². The molecular weight excluding hydrogens is 208 g/mol. The molecule has 0 aliphatic rings. The fourth-order valence-corrected chi connectivity index (χ4v) is 1.51. The summed E-state index contributed by atoms with van der Waals surface area (Å²) in [6, 6.07) is 3.49. The van der Waals surface area contributed by atoms with E-state index in [1.54, 1.807) is 6.07 Å². The number of benzene rings is 1. The van der Waals surface area contributed by atoms with Crippen LogP contribution in [0.25, 0.3) is 10.9 Å². The number of fused-ring (bicyclic) bond motifs is 1. The Labute approximate surface area is 90.6 Å². The van der Waals surface area contributed by atoms with E-state index in [9.17, 15) is 4.79 Å². The minimum absolute atomic E-state index is 0.103. The number of aromatic nitrogens is 2. The van der Waals surface area contributed by atoms with E-state index in [0.717, 1.165) is 0 Å². The number of nitriles is 1. The molecule has 0 unspecified atom stereocenters. The molecule has 0 amide bonds. The summed E-state index contributed by atoms with van der Waals surface area (Å²) < 4.78 is 4.62. The summed E-state index contributed by atoms with van der Waals surface area (Å²) in [4.78, 5) is 11.6. The number of esters is 1. The second-order valence-electron chi connectivity index (χ2n) is 3.15. The maximum absolute atomic E-state index is 11.6. The Hall–Kier alpha value is -2.55. The Balaban J connectivity index is 2.87. The van der Waals surface area contributed by atoms with Crippen molar-refractivity contribution in [2.45, 2.75) is 0 Å². The van der Waals surface area contributed by atoms with Gasteiger partial charge in [0.15, 0.2) is 0 Å². The highest BCUT2D eigenvalue weighted by Crippen LogP contribution is 2.26. The molecule has 16 heavy (non-hydrogen) atoms. The number of nitrogens with zero attached hydrogens (tertiary/aromatic N) is 2. The van der Waals surface area contributed by atoms with Gasteiger partial charge in [-0.1, -0.05) is 0 Å². The van der Waals surface area contributed by atoms with Gasteiger partial charge in [-0.25, -0.2) is 4.79 Å². The first kappa shape index (κ1) is 9.98. The van der Waals surface area contributed by atoms with Gasteiger partial charge in [-0.2, -0.15) is 10.4 Å². The lowest BCUT2D eigenvalue weighted by Crippen LogP contribution is -2.08. The number of hydrogen-bond acceptors (Lipinski definition) is 5. The SMILES string of the molecule is COC(=O)c1c(N)c(C#N)cc2cn[nH]c12. The van der Waals surface area contributed by atoms with Crippen molar-refractivity contribution in [3.63, 3.8) is 0 Å². The zero-order chi connectivity index (χ0) is 11.7. The molecule has 1 aromatic carbocycles. The van der Waals surface area contributed by atoms with E-state index in [4.69, 9.17) is 11.0 Å². The molecule has 0 radical (unpaired) electrons. The number of nitrogen functional groups attached to an aromatic ring is 1. The highest BCUT2D eigenvalue weighted by atomic mass is 16.5. The van der Waals surface area contributed by atoms with Crippen molar-refractivity contribution in [2.75, 3.05) is 12.8 Å². The summed E-state index contributed by atoms with van der Waals surface area (Å²) >= 11 is 0. The number of methoxy groups -OCH3 is 1. The molecule has 3 N–H and O–H groups in total. The molecule has 0 saturated carbocycles. The first-order valence-electron chi connectivity index (χ1n) is 4.43. The molecule has 0 aliphatic heterocycles. The zero-order valence-corrected chi connectivity index (χ0v) is 8.44. The number of ether oxygens (including phenoxy) is 1. The highest BCUT2D eigenvalue weighted by Gasteiger charge is 2.19. The van der Waals surface area contributed by atoms with E-state index in [-0.39, 0.29) is 16.8 Å². The molecule has 0 bridgehead atoms. The maximum atomic E-state index is 11.6. The number of aromatic amines is 1. The van der Waals surface area contributed by atoms with Gasteiger partial charge in [-0.15, -0.1) is 0 Å². The topological polar surface area (TPSA) is 105 Å². The molecular formula is C10H8N4O2. The van der Waals surface area contributed by atoms with Crippen molar-refractivity contribution in [1.82, 2.24) is 10.2 Å². The zero-order valence-electron chi connectivity index (χ0n) is 8.44. The van der Waals surface area contributed by atoms with Crippen LogP contribution in [0.3, 0.4) is 0 Å². The molecule has 6 heteroatoms. The van der Waals surface area contributed by atoms with Gasteiger partial charge in [-0.05, 0) is 6.07 Å². The largest absolute Gasteiger partial charge is 0.465 e. The quantitative estimate of drug-likeness (QED) is 0.542. The van der Waals surface area contributed by atoms with Gasteiger partial charge in [0.05, 0.1) is 30.1 Å². The Morgan fingerprint density at radius 2 is 2.44 bits per heavy atom. The fourth-order valence-electron chi connectivity index (χ4n) is 1.51.